The SMILES string of the molecule is C[C@@H](CC1=CCC(=O)CC1)OC(N)=O. The lowest BCUT2D eigenvalue weighted by Gasteiger charge is -2.16. The number of allylic oxidation sites excluding steroid dienone is 1. The molecule has 0 saturated carbocycles. The Morgan fingerprint density at radius 2 is 2.36 bits per heavy atom. The van der Waals surface area contributed by atoms with Gasteiger partial charge in [-0.25, -0.2) is 4.79 Å². The van der Waals surface area contributed by atoms with Crippen molar-refractivity contribution in [3.05, 3.63) is 11.6 Å². The highest BCUT2D eigenvalue weighted by atomic mass is 16.6. The number of amides is 1. The third-order valence-electron chi connectivity index (χ3n) is 2.21. The summed E-state index contributed by atoms with van der Waals surface area (Å²) in [5.41, 5.74) is 6.06. The zero-order valence-electron chi connectivity index (χ0n) is 8.29. The third-order valence-corrected chi connectivity index (χ3v) is 2.21. The molecular weight excluding hydrogens is 182 g/mol. The molecule has 78 valence electrons. The number of ether oxygens (including phenoxy) is 1. The molecule has 0 unspecified atom stereocenters. The molecule has 1 atom stereocenters. The predicted molar refractivity (Wildman–Crippen MR) is 51.7 cm³/mol. The molecule has 1 amide bonds. The van der Waals surface area contributed by atoms with Crippen molar-refractivity contribution in [2.75, 3.05) is 0 Å². The summed E-state index contributed by atoms with van der Waals surface area (Å²) in [5.74, 6) is 0.275. The average Bonchev–Trinajstić information content (AvgIpc) is 2.07. The van der Waals surface area contributed by atoms with Crippen molar-refractivity contribution < 1.29 is 14.3 Å². The maximum absolute atomic E-state index is 10.9. The summed E-state index contributed by atoms with van der Waals surface area (Å²) in [5, 5.41) is 0. The van der Waals surface area contributed by atoms with Crippen LogP contribution in [0.4, 0.5) is 4.79 Å². The van der Waals surface area contributed by atoms with E-state index in [9.17, 15) is 9.59 Å². The molecule has 0 fully saturated rings. The Bertz CT molecular complexity index is 271. The number of carbonyl (C=O) groups is 2. The van der Waals surface area contributed by atoms with Gasteiger partial charge in [0.15, 0.2) is 0 Å². The molecule has 0 aliphatic heterocycles. The van der Waals surface area contributed by atoms with Crippen LogP contribution in [-0.2, 0) is 9.53 Å². The molecule has 0 radical (unpaired) electrons. The second-order valence-electron chi connectivity index (χ2n) is 3.56. The quantitative estimate of drug-likeness (QED) is 0.697. The lowest BCUT2D eigenvalue weighted by atomic mass is 9.95. The number of primary amides is 1. The molecule has 0 saturated heterocycles. The molecule has 14 heavy (non-hydrogen) atoms. The fraction of sp³-hybridized carbons (Fsp3) is 0.600. The van der Waals surface area contributed by atoms with Gasteiger partial charge in [-0.3, -0.25) is 4.79 Å². The highest BCUT2D eigenvalue weighted by Crippen LogP contribution is 2.20. The van der Waals surface area contributed by atoms with E-state index in [0.717, 1.165) is 6.42 Å². The number of rotatable bonds is 3. The second kappa shape index (κ2) is 4.79. The summed E-state index contributed by atoms with van der Waals surface area (Å²) in [6.07, 6.45) is 3.55. The van der Waals surface area contributed by atoms with Crippen molar-refractivity contribution in [1.29, 1.82) is 0 Å². The van der Waals surface area contributed by atoms with Crippen molar-refractivity contribution in [2.45, 2.75) is 38.7 Å². The van der Waals surface area contributed by atoms with Crippen molar-refractivity contribution in [3.8, 4) is 0 Å². The Balaban J connectivity index is 2.37. The summed E-state index contributed by atoms with van der Waals surface area (Å²) in [6, 6.07) is 0. The number of hydrogen-bond acceptors (Lipinski definition) is 3. The number of carbonyl (C=O) groups excluding carboxylic acids is 2. The Morgan fingerprint density at radius 1 is 1.64 bits per heavy atom. The molecule has 0 heterocycles. The van der Waals surface area contributed by atoms with E-state index >= 15 is 0 Å². The second-order valence-corrected chi connectivity index (χ2v) is 3.56. The Kier molecular flexibility index (Phi) is 3.68. The van der Waals surface area contributed by atoms with E-state index in [1.54, 1.807) is 6.92 Å². The van der Waals surface area contributed by atoms with Crippen LogP contribution in [0.5, 0.6) is 0 Å². The summed E-state index contributed by atoms with van der Waals surface area (Å²) >= 11 is 0. The first kappa shape index (κ1) is 10.8. The lowest BCUT2D eigenvalue weighted by molar-refractivity contribution is -0.118. The topological polar surface area (TPSA) is 69.4 Å². The Hall–Kier alpha value is -1.32. The molecule has 4 nitrogen and oxygen atoms in total. The number of Topliss-reactive ketones (excluding diaryl/α,β-unsaturated/α-hetero) is 1. The van der Waals surface area contributed by atoms with Gasteiger partial charge in [-0.2, -0.15) is 0 Å². The van der Waals surface area contributed by atoms with Gasteiger partial charge in [-0.15, -0.1) is 0 Å². The van der Waals surface area contributed by atoms with Gasteiger partial charge in [0.25, 0.3) is 0 Å². The largest absolute Gasteiger partial charge is 0.446 e. The molecule has 0 aromatic heterocycles. The van der Waals surface area contributed by atoms with Crippen LogP contribution < -0.4 is 5.73 Å². The lowest BCUT2D eigenvalue weighted by Crippen LogP contribution is -2.21. The van der Waals surface area contributed by atoms with Crippen LogP contribution in [0.3, 0.4) is 0 Å². The number of hydrogen-bond donors (Lipinski definition) is 1. The predicted octanol–water partition coefficient (Wildman–Crippen LogP) is 1.54. The van der Waals surface area contributed by atoms with Gasteiger partial charge in [0.1, 0.15) is 11.9 Å². The summed E-state index contributed by atoms with van der Waals surface area (Å²) < 4.78 is 4.79. The van der Waals surface area contributed by atoms with Crippen molar-refractivity contribution in [2.24, 2.45) is 5.73 Å². The minimum atomic E-state index is -0.745. The van der Waals surface area contributed by atoms with E-state index in [1.165, 1.54) is 5.57 Å². The molecule has 4 heteroatoms. The monoisotopic (exact) mass is 197 g/mol. The van der Waals surface area contributed by atoms with Gasteiger partial charge >= 0.3 is 6.09 Å². The maximum Gasteiger partial charge on any atom is 0.404 e. The average molecular weight is 197 g/mol. The maximum atomic E-state index is 10.9. The van der Waals surface area contributed by atoms with E-state index in [-0.39, 0.29) is 11.9 Å². The first-order valence-corrected chi connectivity index (χ1v) is 4.73. The highest BCUT2D eigenvalue weighted by Gasteiger charge is 2.14. The summed E-state index contributed by atoms with van der Waals surface area (Å²) in [7, 11) is 0. The number of ketones is 1. The van der Waals surface area contributed by atoms with E-state index in [2.05, 4.69) is 0 Å². The molecule has 1 rings (SSSR count). The van der Waals surface area contributed by atoms with Gasteiger partial charge in [-0.1, -0.05) is 11.6 Å². The van der Waals surface area contributed by atoms with E-state index in [1.807, 2.05) is 6.08 Å². The molecular formula is C10H15NO3. The van der Waals surface area contributed by atoms with Crippen LogP contribution in [0.2, 0.25) is 0 Å². The van der Waals surface area contributed by atoms with Crippen molar-refractivity contribution >= 4 is 11.9 Å². The minimum Gasteiger partial charge on any atom is -0.446 e. The molecule has 2 N–H and O–H groups in total. The summed E-state index contributed by atoms with van der Waals surface area (Å²) in [6.45, 7) is 1.79. The van der Waals surface area contributed by atoms with Gasteiger partial charge in [0.2, 0.25) is 0 Å². The van der Waals surface area contributed by atoms with E-state index in [4.69, 9.17) is 10.5 Å². The van der Waals surface area contributed by atoms with E-state index < -0.39 is 6.09 Å². The Labute approximate surface area is 83.1 Å². The zero-order valence-corrected chi connectivity index (χ0v) is 8.29. The molecule has 0 bridgehead atoms. The molecule has 1 aliphatic carbocycles. The van der Waals surface area contributed by atoms with Gasteiger partial charge < -0.3 is 10.5 Å². The fourth-order valence-electron chi connectivity index (χ4n) is 1.56. The van der Waals surface area contributed by atoms with Gasteiger partial charge in [-0.05, 0) is 13.3 Å². The van der Waals surface area contributed by atoms with Crippen LogP contribution in [-0.4, -0.2) is 18.0 Å². The standard InChI is InChI=1S/C10H15NO3/c1-7(14-10(11)13)6-8-2-4-9(12)5-3-8/h2,7H,3-6H2,1H3,(H2,11,13)/t7-/m0/s1. The van der Waals surface area contributed by atoms with E-state index in [0.29, 0.717) is 19.3 Å². The van der Waals surface area contributed by atoms with Crippen LogP contribution in [0.15, 0.2) is 11.6 Å². The minimum absolute atomic E-state index is 0.202. The van der Waals surface area contributed by atoms with Gasteiger partial charge in [0.05, 0.1) is 0 Å². The smallest absolute Gasteiger partial charge is 0.404 e. The highest BCUT2D eigenvalue weighted by molar-refractivity contribution is 5.81. The van der Waals surface area contributed by atoms with Crippen molar-refractivity contribution in [3.63, 3.8) is 0 Å². The van der Waals surface area contributed by atoms with Crippen LogP contribution in [0, 0.1) is 0 Å². The third kappa shape index (κ3) is 3.60. The summed E-state index contributed by atoms with van der Waals surface area (Å²) in [4.78, 5) is 21.4. The van der Waals surface area contributed by atoms with Gasteiger partial charge in [0, 0.05) is 19.3 Å². The van der Waals surface area contributed by atoms with Crippen LogP contribution in [0.1, 0.15) is 32.6 Å². The molecule has 1 aliphatic rings. The number of nitrogens with two attached hydrogens (primary N) is 1. The zero-order chi connectivity index (χ0) is 10.6. The van der Waals surface area contributed by atoms with Crippen LogP contribution >= 0.6 is 0 Å². The Morgan fingerprint density at radius 3 is 2.86 bits per heavy atom. The normalized spacial score (nSPS) is 18.6. The van der Waals surface area contributed by atoms with Crippen molar-refractivity contribution in [1.82, 2.24) is 0 Å². The first-order chi connectivity index (χ1) is 6.58. The molecule has 0 aromatic carbocycles. The fourth-order valence-corrected chi connectivity index (χ4v) is 1.56. The van der Waals surface area contributed by atoms with Crippen LogP contribution in [0.25, 0.3) is 0 Å². The first-order valence-electron chi connectivity index (χ1n) is 4.73. The molecule has 0 aromatic rings. The molecule has 0 spiro atoms.